The van der Waals surface area contributed by atoms with Crippen molar-refractivity contribution in [1.29, 1.82) is 0 Å². The Morgan fingerprint density at radius 3 is 2.40 bits per heavy atom. The lowest BCUT2D eigenvalue weighted by molar-refractivity contribution is 0.256. The predicted molar refractivity (Wildman–Crippen MR) is 84.8 cm³/mol. The monoisotopic (exact) mass is 272 g/mol. The molecule has 3 rings (SSSR count). The number of nitrogens with zero attached hydrogens (tertiary/aromatic N) is 1. The van der Waals surface area contributed by atoms with E-state index in [4.69, 9.17) is 0 Å². The van der Waals surface area contributed by atoms with E-state index in [2.05, 4.69) is 48.3 Å². The van der Waals surface area contributed by atoms with Crippen molar-refractivity contribution in [2.24, 2.45) is 5.92 Å². The van der Waals surface area contributed by atoms with Gasteiger partial charge in [0.1, 0.15) is 0 Å². The lowest BCUT2D eigenvalue weighted by atomic mass is 10.1. The summed E-state index contributed by atoms with van der Waals surface area (Å²) in [6, 6.07) is 10.8. The van der Waals surface area contributed by atoms with Crippen LogP contribution < -0.4 is 5.32 Å². The Kier molecular flexibility index (Phi) is 4.42. The molecule has 0 amide bonds. The molecule has 1 aliphatic carbocycles. The van der Waals surface area contributed by atoms with Crippen molar-refractivity contribution >= 4 is 0 Å². The molecule has 2 atom stereocenters. The zero-order valence-corrected chi connectivity index (χ0v) is 12.9. The fourth-order valence-electron chi connectivity index (χ4n) is 3.36. The van der Waals surface area contributed by atoms with Gasteiger partial charge in [-0.25, -0.2) is 0 Å². The largest absolute Gasteiger partial charge is 0.314 e. The first-order valence-electron chi connectivity index (χ1n) is 8.26. The van der Waals surface area contributed by atoms with Crippen molar-refractivity contribution in [2.75, 3.05) is 13.1 Å². The van der Waals surface area contributed by atoms with Crippen molar-refractivity contribution in [1.82, 2.24) is 10.2 Å². The number of nitrogens with one attached hydrogen (secondary N) is 1. The van der Waals surface area contributed by atoms with E-state index in [1.54, 1.807) is 0 Å². The minimum absolute atomic E-state index is 0.743. The first kappa shape index (κ1) is 14.1. The summed E-state index contributed by atoms with van der Waals surface area (Å²) in [4.78, 5) is 2.62. The molecule has 20 heavy (non-hydrogen) atoms. The van der Waals surface area contributed by atoms with E-state index < -0.39 is 0 Å². The van der Waals surface area contributed by atoms with E-state index in [-0.39, 0.29) is 0 Å². The number of likely N-dealkylation sites (tertiary alicyclic amines) is 1. The van der Waals surface area contributed by atoms with Crippen LogP contribution in [0.3, 0.4) is 0 Å². The molecule has 0 radical (unpaired) electrons. The molecule has 2 aliphatic rings. The molecular weight excluding hydrogens is 244 g/mol. The van der Waals surface area contributed by atoms with Crippen LogP contribution in [-0.2, 0) is 13.0 Å². The highest BCUT2D eigenvalue weighted by Gasteiger charge is 2.25. The van der Waals surface area contributed by atoms with Crippen LogP contribution in [0.4, 0.5) is 0 Å². The first-order chi connectivity index (χ1) is 9.70. The molecule has 0 spiro atoms. The quantitative estimate of drug-likeness (QED) is 0.855. The molecular formula is C18H28N2. The second kappa shape index (κ2) is 6.28. The van der Waals surface area contributed by atoms with Crippen molar-refractivity contribution in [3.63, 3.8) is 0 Å². The van der Waals surface area contributed by atoms with E-state index in [0.717, 1.165) is 37.5 Å². The molecule has 1 N–H and O–H groups in total. The lowest BCUT2D eigenvalue weighted by Gasteiger charge is -2.21. The maximum Gasteiger partial charge on any atom is 0.0236 e. The second-order valence-corrected chi connectivity index (χ2v) is 6.91. The molecule has 2 nitrogen and oxygen atoms in total. The van der Waals surface area contributed by atoms with Gasteiger partial charge < -0.3 is 5.32 Å². The Morgan fingerprint density at radius 1 is 1.10 bits per heavy atom. The van der Waals surface area contributed by atoms with E-state index in [0.29, 0.717) is 0 Å². The van der Waals surface area contributed by atoms with Crippen LogP contribution in [0.25, 0.3) is 0 Å². The van der Waals surface area contributed by atoms with Crippen LogP contribution in [0, 0.1) is 5.92 Å². The topological polar surface area (TPSA) is 15.3 Å². The minimum atomic E-state index is 0.743. The summed E-state index contributed by atoms with van der Waals surface area (Å²) in [5.41, 5.74) is 2.93. The van der Waals surface area contributed by atoms with E-state index in [1.165, 1.54) is 36.9 Å². The highest BCUT2D eigenvalue weighted by Crippen LogP contribution is 2.24. The van der Waals surface area contributed by atoms with Crippen LogP contribution in [0.5, 0.6) is 0 Å². The van der Waals surface area contributed by atoms with E-state index in [9.17, 15) is 0 Å². The number of benzene rings is 1. The number of rotatable bonds is 6. The molecule has 1 saturated carbocycles. The van der Waals surface area contributed by atoms with Gasteiger partial charge in [-0.3, -0.25) is 4.90 Å². The molecule has 1 aliphatic heterocycles. The van der Waals surface area contributed by atoms with Gasteiger partial charge in [-0.05, 0) is 56.2 Å². The fraction of sp³-hybridized carbons (Fsp3) is 0.667. The van der Waals surface area contributed by atoms with Gasteiger partial charge in [0.25, 0.3) is 0 Å². The number of hydrogen-bond donors (Lipinski definition) is 1. The Morgan fingerprint density at radius 2 is 1.80 bits per heavy atom. The third-order valence-corrected chi connectivity index (χ3v) is 4.75. The van der Waals surface area contributed by atoms with Crippen LogP contribution in [0.15, 0.2) is 24.3 Å². The summed E-state index contributed by atoms with van der Waals surface area (Å²) in [5, 5.41) is 3.58. The van der Waals surface area contributed by atoms with Crippen LogP contribution in [0.2, 0.25) is 0 Å². The Hall–Kier alpha value is -0.860. The third kappa shape index (κ3) is 3.83. The van der Waals surface area contributed by atoms with Gasteiger partial charge in [-0.15, -0.1) is 0 Å². The standard InChI is InChI=1S/C18H28N2/c1-14-11-15(2)20(12-14)13-17-5-3-16(4-6-17)9-10-19-18-7-8-18/h3-6,14-15,18-19H,7-13H2,1-2H3. The Labute approximate surface area is 123 Å². The van der Waals surface area contributed by atoms with Crippen LogP contribution >= 0.6 is 0 Å². The SMILES string of the molecule is CC1CC(C)N(Cc2ccc(CCNC3CC3)cc2)C1. The maximum atomic E-state index is 3.58. The minimum Gasteiger partial charge on any atom is -0.314 e. The summed E-state index contributed by atoms with van der Waals surface area (Å²) in [5.74, 6) is 0.859. The smallest absolute Gasteiger partial charge is 0.0236 e. The van der Waals surface area contributed by atoms with Gasteiger partial charge in [0.2, 0.25) is 0 Å². The zero-order chi connectivity index (χ0) is 13.9. The summed E-state index contributed by atoms with van der Waals surface area (Å²) < 4.78 is 0. The molecule has 0 aromatic heterocycles. The average Bonchev–Trinajstić information content (AvgIpc) is 3.18. The summed E-state index contributed by atoms with van der Waals surface area (Å²) >= 11 is 0. The molecule has 0 bridgehead atoms. The molecule has 1 aromatic carbocycles. The average molecular weight is 272 g/mol. The predicted octanol–water partition coefficient (Wildman–Crippen LogP) is 3.21. The van der Waals surface area contributed by atoms with Crippen LogP contribution in [0.1, 0.15) is 44.2 Å². The van der Waals surface area contributed by atoms with Crippen molar-refractivity contribution in [2.45, 2.75) is 58.2 Å². The fourth-order valence-corrected chi connectivity index (χ4v) is 3.36. The van der Waals surface area contributed by atoms with Gasteiger partial charge in [0.05, 0.1) is 0 Å². The summed E-state index contributed by atoms with van der Waals surface area (Å²) in [7, 11) is 0. The maximum absolute atomic E-state index is 3.58. The van der Waals surface area contributed by atoms with Crippen molar-refractivity contribution < 1.29 is 0 Å². The molecule has 2 fully saturated rings. The highest BCUT2D eigenvalue weighted by atomic mass is 15.2. The van der Waals surface area contributed by atoms with Gasteiger partial charge in [0.15, 0.2) is 0 Å². The van der Waals surface area contributed by atoms with E-state index >= 15 is 0 Å². The normalized spacial score (nSPS) is 27.1. The molecule has 110 valence electrons. The van der Waals surface area contributed by atoms with Gasteiger partial charge in [-0.1, -0.05) is 31.2 Å². The van der Waals surface area contributed by atoms with Crippen LogP contribution in [-0.4, -0.2) is 30.1 Å². The Bertz CT molecular complexity index is 422. The van der Waals surface area contributed by atoms with Gasteiger partial charge in [-0.2, -0.15) is 0 Å². The Balaban J connectivity index is 1.47. The molecule has 1 saturated heterocycles. The summed E-state index contributed by atoms with van der Waals surface area (Å²) in [6.45, 7) is 8.24. The molecule has 1 heterocycles. The van der Waals surface area contributed by atoms with E-state index in [1.807, 2.05) is 0 Å². The van der Waals surface area contributed by atoms with Crippen molar-refractivity contribution in [3.8, 4) is 0 Å². The lowest BCUT2D eigenvalue weighted by Crippen LogP contribution is -2.26. The van der Waals surface area contributed by atoms with Gasteiger partial charge >= 0.3 is 0 Å². The second-order valence-electron chi connectivity index (χ2n) is 6.91. The zero-order valence-electron chi connectivity index (χ0n) is 12.9. The summed E-state index contributed by atoms with van der Waals surface area (Å²) in [6.07, 6.45) is 5.27. The van der Waals surface area contributed by atoms with Gasteiger partial charge in [0, 0.05) is 25.2 Å². The van der Waals surface area contributed by atoms with Crippen molar-refractivity contribution in [3.05, 3.63) is 35.4 Å². The molecule has 2 unspecified atom stereocenters. The first-order valence-corrected chi connectivity index (χ1v) is 8.26. The number of hydrogen-bond acceptors (Lipinski definition) is 2. The highest BCUT2D eigenvalue weighted by molar-refractivity contribution is 5.23. The third-order valence-electron chi connectivity index (χ3n) is 4.75. The molecule has 2 heteroatoms. The molecule has 1 aromatic rings.